The number of carbonyl (C=O) groups excluding carboxylic acids is 1. The van der Waals surface area contributed by atoms with Crippen molar-refractivity contribution in [2.24, 2.45) is 5.92 Å². The predicted octanol–water partition coefficient (Wildman–Crippen LogP) is 3.73. The van der Waals surface area contributed by atoms with Crippen LogP contribution in [0.3, 0.4) is 0 Å². The number of amides is 1. The summed E-state index contributed by atoms with van der Waals surface area (Å²) in [7, 11) is 0. The lowest BCUT2D eigenvalue weighted by Gasteiger charge is -2.29. The van der Waals surface area contributed by atoms with Crippen LogP contribution in [0.25, 0.3) is 0 Å². The van der Waals surface area contributed by atoms with Crippen molar-refractivity contribution in [2.45, 2.75) is 57.6 Å². The molecular formula is C18H25NO4. The van der Waals surface area contributed by atoms with Crippen molar-refractivity contribution in [1.29, 1.82) is 0 Å². The SMILES string of the molecule is CCC1CCCC(NC(=O)OCc2ccccc2)(C(=O)O)CC1. The third-order valence-corrected chi connectivity index (χ3v) is 4.74. The number of rotatable bonds is 5. The fourth-order valence-corrected chi connectivity index (χ4v) is 3.17. The Morgan fingerprint density at radius 3 is 2.65 bits per heavy atom. The van der Waals surface area contributed by atoms with E-state index in [2.05, 4.69) is 12.2 Å². The summed E-state index contributed by atoms with van der Waals surface area (Å²) in [6, 6.07) is 9.34. The molecule has 0 aliphatic heterocycles. The Labute approximate surface area is 137 Å². The minimum absolute atomic E-state index is 0.139. The maximum Gasteiger partial charge on any atom is 0.408 e. The smallest absolute Gasteiger partial charge is 0.408 e. The number of nitrogens with one attached hydrogen (secondary N) is 1. The number of carboxylic acids is 1. The summed E-state index contributed by atoms with van der Waals surface area (Å²) in [6.07, 6.45) is 3.96. The van der Waals surface area contributed by atoms with Gasteiger partial charge in [0.1, 0.15) is 12.1 Å². The molecule has 0 aromatic heterocycles. The highest BCUT2D eigenvalue weighted by atomic mass is 16.5. The summed E-state index contributed by atoms with van der Waals surface area (Å²) in [5, 5.41) is 12.3. The third-order valence-electron chi connectivity index (χ3n) is 4.74. The zero-order chi connectivity index (χ0) is 16.7. The van der Waals surface area contributed by atoms with E-state index in [0.29, 0.717) is 18.8 Å². The lowest BCUT2D eigenvalue weighted by Crippen LogP contribution is -2.54. The number of alkyl carbamates (subject to hydrolysis) is 1. The van der Waals surface area contributed by atoms with Crippen molar-refractivity contribution in [3.05, 3.63) is 35.9 Å². The van der Waals surface area contributed by atoms with Gasteiger partial charge in [0.25, 0.3) is 0 Å². The average molecular weight is 319 g/mol. The molecule has 0 heterocycles. The van der Waals surface area contributed by atoms with E-state index >= 15 is 0 Å². The van der Waals surface area contributed by atoms with Crippen LogP contribution in [0.1, 0.15) is 51.0 Å². The monoisotopic (exact) mass is 319 g/mol. The summed E-state index contributed by atoms with van der Waals surface area (Å²) in [5.74, 6) is -0.427. The van der Waals surface area contributed by atoms with E-state index in [1.807, 2.05) is 30.3 Å². The van der Waals surface area contributed by atoms with E-state index in [1.54, 1.807) is 0 Å². The van der Waals surface area contributed by atoms with Crippen molar-refractivity contribution >= 4 is 12.1 Å². The molecule has 2 N–H and O–H groups in total. The van der Waals surface area contributed by atoms with Crippen LogP contribution >= 0.6 is 0 Å². The summed E-state index contributed by atoms with van der Waals surface area (Å²) < 4.78 is 5.19. The maximum atomic E-state index is 12.1. The Hall–Kier alpha value is -2.04. The van der Waals surface area contributed by atoms with E-state index in [9.17, 15) is 14.7 Å². The molecule has 1 saturated carbocycles. The van der Waals surface area contributed by atoms with Gasteiger partial charge in [0.2, 0.25) is 0 Å². The van der Waals surface area contributed by atoms with Crippen LogP contribution in [0.4, 0.5) is 4.79 Å². The first-order valence-electron chi connectivity index (χ1n) is 8.28. The number of hydrogen-bond donors (Lipinski definition) is 2. The molecule has 1 aromatic rings. The highest BCUT2D eigenvalue weighted by Crippen LogP contribution is 2.32. The lowest BCUT2D eigenvalue weighted by molar-refractivity contribution is -0.145. The van der Waals surface area contributed by atoms with Crippen molar-refractivity contribution in [2.75, 3.05) is 0 Å². The number of aliphatic carboxylic acids is 1. The van der Waals surface area contributed by atoms with Crippen LogP contribution < -0.4 is 5.32 Å². The Morgan fingerprint density at radius 1 is 1.26 bits per heavy atom. The molecule has 5 heteroatoms. The first-order valence-corrected chi connectivity index (χ1v) is 8.28. The molecule has 2 unspecified atom stereocenters. The summed E-state index contributed by atoms with van der Waals surface area (Å²) in [4.78, 5) is 23.8. The van der Waals surface area contributed by atoms with Crippen molar-refractivity contribution in [3.8, 4) is 0 Å². The summed E-state index contributed by atoms with van der Waals surface area (Å²) >= 11 is 0. The predicted molar refractivity (Wildman–Crippen MR) is 87.0 cm³/mol. The van der Waals surface area contributed by atoms with Gasteiger partial charge in [0.15, 0.2) is 0 Å². The van der Waals surface area contributed by atoms with Crippen LogP contribution in [0.5, 0.6) is 0 Å². The van der Waals surface area contributed by atoms with E-state index < -0.39 is 17.6 Å². The molecule has 1 aliphatic carbocycles. The Balaban J connectivity index is 1.95. The number of ether oxygens (including phenoxy) is 1. The van der Waals surface area contributed by atoms with Gasteiger partial charge >= 0.3 is 12.1 Å². The largest absolute Gasteiger partial charge is 0.480 e. The van der Waals surface area contributed by atoms with Crippen LogP contribution in [0.2, 0.25) is 0 Å². The molecular weight excluding hydrogens is 294 g/mol. The minimum Gasteiger partial charge on any atom is -0.480 e. The van der Waals surface area contributed by atoms with Crippen LogP contribution in [0.15, 0.2) is 30.3 Å². The Kier molecular flexibility index (Phi) is 6.02. The highest BCUT2D eigenvalue weighted by molar-refractivity contribution is 5.84. The zero-order valence-electron chi connectivity index (χ0n) is 13.6. The van der Waals surface area contributed by atoms with Gasteiger partial charge in [-0.3, -0.25) is 0 Å². The number of carbonyl (C=O) groups is 2. The van der Waals surface area contributed by atoms with Gasteiger partial charge < -0.3 is 15.2 Å². The van der Waals surface area contributed by atoms with Crippen molar-refractivity contribution < 1.29 is 19.4 Å². The molecule has 0 spiro atoms. The summed E-state index contributed by atoms with van der Waals surface area (Å²) in [5.41, 5.74) is -0.323. The van der Waals surface area contributed by atoms with Gasteiger partial charge in [-0.1, -0.05) is 56.5 Å². The number of benzene rings is 1. The second kappa shape index (κ2) is 7.99. The molecule has 126 valence electrons. The molecule has 0 bridgehead atoms. The molecule has 1 aliphatic rings. The lowest BCUT2D eigenvalue weighted by atomic mass is 9.89. The Bertz CT molecular complexity index is 531. The second-order valence-corrected chi connectivity index (χ2v) is 6.28. The van der Waals surface area contributed by atoms with Crippen molar-refractivity contribution in [3.63, 3.8) is 0 Å². The first-order chi connectivity index (χ1) is 11.1. The van der Waals surface area contributed by atoms with Crippen LogP contribution in [0, 0.1) is 5.92 Å². The maximum absolute atomic E-state index is 12.1. The third kappa shape index (κ3) is 4.71. The molecule has 2 rings (SSSR count). The van der Waals surface area contributed by atoms with E-state index in [-0.39, 0.29) is 6.61 Å². The van der Waals surface area contributed by atoms with Gasteiger partial charge in [0.05, 0.1) is 0 Å². The number of hydrogen-bond acceptors (Lipinski definition) is 3. The van der Waals surface area contributed by atoms with E-state index in [0.717, 1.165) is 31.2 Å². The highest BCUT2D eigenvalue weighted by Gasteiger charge is 2.41. The fraction of sp³-hybridized carbons (Fsp3) is 0.556. The zero-order valence-corrected chi connectivity index (χ0v) is 13.6. The Morgan fingerprint density at radius 2 is 2.00 bits per heavy atom. The van der Waals surface area contributed by atoms with E-state index in [4.69, 9.17) is 4.74 Å². The molecule has 0 saturated heterocycles. The molecule has 0 radical (unpaired) electrons. The van der Waals surface area contributed by atoms with Crippen molar-refractivity contribution in [1.82, 2.24) is 5.32 Å². The van der Waals surface area contributed by atoms with Gasteiger partial charge in [-0.25, -0.2) is 9.59 Å². The minimum atomic E-state index is -1.20. The van der Waals surface area contributed by atoms with Crippen LogP contribution in [-0.4, -0.2) is 22.7 Å². The molecule has 5 nitrogen and oxygen atoms in total. The van der Waals surface area contributed by atoms with Gasteiger partial charge in [-0.15, -0.1) is 0 Å². The average Bonchev–Trinajstić information content (AvgIpc) is 2.77. The molecule has 2 atom stereocenters. The van der Waals surface area contributed by atoms with Gasteiger partial charge in [0, 0.05) is 0 Å². The quantitative estimate of drug-likeness (QED) is 0.811. The normalized spacial score (nSPS) is 24.5. The second-order valence-electron chi connectivity index (χ2n) is 6.28. The number of carboxylic acid groups (broad SMARTS) is 1. The molecule has 23 heavy (non-hydrogen) atoms. The van der Waals surface area contributed by atoms with Crippen LogP contribution in [-0.2, 0) is 16.1 Å². The molecule has 1 fully saturated rings. The topological polar surface area (TPSA) is 75.6 Å². The summed E-state index contributed by atoms with van der Waals surface area (Å²) in [6.45, 7) is 2.26. The standard InChI is InChI=1S/C18H25NO4/c1-2-14-9-6-11-18(12-10-14,16(20)21)19-17(22)23-13-15-7-4-3-5-8-15/h3-5,7-8,14H,2,6,9-13H2,1H3,(H,19,22)(H,20,21). The molecule has 1 aromatic carbocycles. The van der Waals surface area contributed by atoms with Gasteiger partial charge in [-0.2, -0.15) is 0 Å². The molecule has 1 amide bonds. The first kappa shape index (κ1) is 17.3. The van der Waals surface area contributed by atoms with E-state index in [1.165, 1.54) is 0 Å². The van der Waals surface area contributed by atoms with Gasteiger partial charge in [-0.05, 0) is 30.7 Å². The fourth-order valence-electron chi connectivity index (χ4n) is 3.17.